The van der Waals surface area contributed by atoms with Crippen molar-refractivity contribution in [1.29, 1.82) is 0 Å². The van der Waals surface area contributed by atoms with Gasteiger partial charge in [-0.15, -0.1) is 0 Å². The lowest BCUT2D eigenvalue weighted by Gasteiger charge is -2.12. The van der Waals surface area contributed by atoms with Crippen molar-refractivity contribution in [2.75, 3.05) is 6.61 Å². The molecular formula is C7H16O7P2. The van der Waals surface area contributed by atoms with Gasteiger partial charge in [0, 0.05) is 0 Å². The molecule has 0 fully saturated rings. The van der Waals surface area contributed by atoms with Crippen LogP contribution in [0.15, 0.2) is 11.6 Å². The van der Waals surface area contributed by atoms with E-state index >= 15 is 0 Å². The zero-order valence-electron chi connectivity index (χ0n) is 9.07. The second-order valence-corrected chi connectivity index (χ2v) is 5.91. The summed E-state index contributed by atoms with van der Waals surface area (Å²) in [4.78, 5) is 25.5. The Morgan fingerprint density at radius 3 is 2.31 bits per heavy atom. The predicted octanol–water partition coefficient (Wildman–Crippen LogP) is 1.96. The maximum atomic E-state index is 11.0. The number of hydrogen-bond acceptors (Lipinski definition) is 4. The quantitative estimate of drug-likeness (QED) is 0.480. The molecule has 9 heteroatoms. The van der Waals surface area contributed by atoms with Crippen LogP contribution < -0.4 is 0 Å². The minimum atomic E-state index is -5.02. The van der Waals surface area contributed by atoms with Crippen molar-refractivity contribution in [1.82, 2.24) is 0 Å². The Bertz CT molecular complexity index is 332. The van der Waals surface area contributed by atoms with Crippen LogP contribution in [-0.2, 0) is 18.0 Å². The molecule has 0 rings (SSSR count). The van der Waals surface area contributed by atoms with Crippen LogP contribution in [0.1, 0.15) is 26.7 Å². The summed E-state index contributed by atoms with van der Waals surface area (Å²) in [6.45, 7) is 3.62. The fourth-order valence-corrected chi connectivity index (χ4v) is 2.52. The second kappa shape index (κ2) is 6.67. The highest BCUT2D eigenvalue weighted by Crippen LogP contribution is 2.57. The van der Waals surface area contributed by atoms with Crippen LogP contribution in [0.5, 0.6) is 0 Å². The van der Waals surface area contributed by atoms with Gasteiger partial charge in [0.15, 0.2) is 0 Å². The molecule has 0 bridgehead atoms. The Morgan fingerprint density at radius 2 is 1.88 bits per heavy atom. The van der Waals surface area contributed by atoms with Crippen molar-refractivity contribution in [3.8, 4) is 0 Å². The van der Waals surface area contributed by atoms with E-state index in [4.69, 9.17) is 14.7 Å². The summed E-state index contributed by atoms with van der Waals surface area (Å²) in [6.07, 6.45) is 3.14. The summed E-state index contributed by atoms with van der Waals surface area (Å²) < 4.78 is 29.2. The molecule has 3 N–H and O–H groups in total. The highest BCUT2D eigenvalue weighted by Gasteiger charge is 2.31. The smallest absolute Gasteiger partial charge is 0.302 e. The van der Waals surface area contributed by atoms with Crippen LogP contribution in [0.25, 0.3) is 0 Å². The van der Waals surface area contributed by atoms with E-state index in [1.807, 2.05) is 19.9 Å². The lowest BCUT2D eigenvalue weighted by Crippen LogP contribution is -1.96. The van der Waals surface area contributed by atoms with Crippen molar-refractivity contribution in [3.63, 3.8) is 0 Å². The Labute approximate surface area is 93.9 Å². The van der Waals surface area contributed by atoms with Crippen LogP contribution in [-0.4, -0.2) is 21.3 Å². The van der Waals surface area contributed by atoms with Gasteiger partial charge in [0.25, 0.3) is 0 Å². The van der Waals surface area contributed by atoms with Gasteiger partial charge < -0.3 is 14.7 Å². The van der Waals surface area contributed by atoms with Gasteiger partial charge in [-0.05, 0) is 19.8 Å². The topological polar surface area (TPSA) is 113 Å². The molecule has 1 atom stereocenters. The first kappa shape index (κ1) is 16.0. The lowest BCUT2D eigenvalue weighted by molar-refractivity contribution is 0.180. The van der Waals surface area contributed by atoms with E-state index in [2.05, 4.69) is 8.83 Å². The van der Waals surface area contributed by atoms with Crippen molar-refractivity contribution < 1.29 is 32.6 Å². The molecule has 7 nitrogen and oxygen atoms in total. The normalized spacial score (nSPS) is 17.2. The summed E-state index contributed by atoms with van der Waals surface area (Å²) in [7, 11) is -9.70. The second-order valence-electron chi connectivity index (χ2n) is 3.08. The molecule has 1 unspecified atom stereocenters. The van der Waals surface area contributed by atoms with Gasteiger partial charge in [0.2, 0.25) is 0 Å². The number of hydrogen-bond donors (Lipinski definition) is 3. The van der Waals surface area contributed by atoms with Crippen molar-refractivity contribution in [3.05, 3.63) is 11.6 Å². The van der Waals surface area contributed by atoms with E-state index < -0.39 is 15.6 Å². The van der Waals surface area contributed by atoms with Crippen LogP contribution in [0.4, 0.5) is 0 Å². The SMILES string of the molecule is CC/C=C(/C)CCOP(=O)(O)OP(=O)(O)O. The summed E-state index contributed by atoms with van der Waals surface area (Å²) in [5.74, 6) is 0. The molecule has 0 aromatic carbocycles. The van der Waals surface area contributed by atoms with E-state index in [-0.39, 0.29) is 6.61 Å². The largest absolute Gasteiger partial charge is 0.481 e. The molecule has 0 aromatic heterocycles. The summed E-state index contributed by atoms with van der Waals surface area (Å²) in [6, 6.07) is 0. The van der Waals surface area contributed by atoms with Crippen molar-refractivity contribution >= 4 is 15.6 Å². The van der Waals surface area contributed by atoms with Crippen LogP contribution >= 0.6 is 15.6 Å². The van der Waals surface area contributed by atoms with Crippen molar-refractivity contribution in [2.24, 2.45) is 0 Å². The third-order valence-electron chi connectivity index (χ3n) is 1.51. The van der Waals surface area contributed by atoms with E-state index in [9.17, 15) is 9.13 Å². The van der Waals surface area contributed by atoms with Gasteiger partial charge in [-0.3, -0.25) is 4.52 Å². The standard InChI is InChI=1S/C7H16O7P2/c1-3-4-7(2)5-6-13-16(11,12)14-15(8,9)10/h4H,3,5-6H2,1-2H3,(H,11,12)(H2,8,9,10)/b7-4-. The first-order chi connectivity index (χ1) is 7.16. The third-order valence-corrected chi connectivity index (χ3v) is 3.70. The average molecular weight is 274 g/mol. The molecule has 0 heterocycles. The minimum absolute atomic E-state index is 0.143. The van der Waals surface area contributed by atoms with Gasteiger partial charge in [0.05, 0.1) is 6.61 Å². The molecule has 96 valence electrons. The molecule has 0 spiro atoms. The number of phosphoric acid groups is 2. The fourth-order valence-electron chi connectivity index (χ4n) is 0.930. The zero-order valence-corrected chi connectivity index (χ0v) is 10.9. The number of allylic oxidation sites excluding steroid dienone is 1. The molecule has 0 amide bonds. The molecule has 0 saturated heterocycles. The van der Waals surface area contributed by atoms with Crippen LogP contribution in [0.2, 0.25) is 0 Å². The molecule has 0 aliphatic rings. The van der Waals surface area contributed by atoms with Gasteiger partial charge in [-0.25, -0.2) is 9.13 Å². The van der Waals surface area contributed by atoms with Gasteiger partial charge >= 0.3 is 15.6 Å². The Hall–Kier alpha value is -0.0000000000000000416. The average Bonchev–Trinajstić information content (AvgIpc) is 1.98. The first-order valence-corrected chi connectivity index (χ1v) is 7.58. The molecule has 16 heavy (non-hydrogen) atoms. The number of phosphoric ester groups is 1. The fraction of sp³-hybridized carbons (Fsp3) is 0.714. The zero-order chi connectivity index (χ0) is 12.8. The highest BCUT2D eigenvalue weighted by molar-refractivity contribution is 7.60. The van der Waals surface area contributed by atoms with Crippen LogP contribution in [0.3, 0.4) is 0 Å². The van der Waals surface area contributed by atoms with Crippen molar-refractivity contribution in [2.45, 2.75) is 26.7 Å². The highest BCUT2D eigenvalue weighted by atomic mass is 31.3. The Morgan fingerprint density at radius 1 is 1.31 bits per heavy atom. The molecule has 0 saturated carbocycles. The van der Waals surface area contributed by atoms with Gasteiger partial charge in [-0.2, -0.15) is 4.31 Å². The lowest BCUT2D eigenvalue weighted by atomic mass is 10.2. The maximum Gasteiger partial charge on any atom is 0.481 e. The minimum Gasteiger partial charge on any atom is -0.302 e. The predicted molar refractivity (Wildman–Crippen MR) is 57.6 cm³/mol. The van der Waals surface area contributed by atoms with Gasteiger partial charge in [-0.1, -0.05) is 18.6 Å². The molecule has 0 radical (unpaired) electrons. The van der Waals surface area contributed by atoms with Gasteiger partial charge in [0.1, 0.15) is 0 Å². The molecule has 0 aliphatic carbocycles. The summed E-state index contributed by atoms with van der Waals surface area (Å²) in [5.41, 5.74) is 0.957. The Kier molecular flexibility index (Phi) is 6.67. The summed E-state index contributed by atoms with van der Waals surface area (Å²) >= 11 is 0. The van der Waals surface area contributed by atoms with Crippen LogP contribution in [0, 0.1) is 0 Å². The maximum absolute atomic E-state index is 11.0. The van der Waals surface area contributed by atoms with E-state index in [0.717, 1.165) is 12.0 Å². The molecular weight excluding hydrogens is 258 g/mol. The van der Waals surface area contributed by atoms with E-state index in [1.165, 1.54) is 0 Å². The Balaban J connectivity index is 4.06. The summed E-state index contributed by atoms with van der Waals surface area (Å²) in [5, 5.41) is 0. The molecule has 0 aliphatic heterocycles. The third kappa shape index (κ3) is 9.24. The van der Waals surface area contributed by atoms with E-state index in [0.29, 0.717) is 6.42 Å². The first-order valence-electron chi connectivity index (χ1n) is 4.56. The monoisotopic (exact) mass is 274 g/mol. The number of rotatable bonds is 7. The molecule has 0 aromatic rings. The van der Waals surface area contributed by atoms with E-state index in [1.54, 1.807) is 0 Å².